The number of rotatable bonds is 9. The van der Waals surface area contributed by atoms with Crippen LogP contribution in [0.25, 0.3) is 0 Å². The molecule has 0 aliphatic heterocycles. The zero-order chi connectivity index (χ0) is 12.5. The molecule has 3 nitrogen and oxygen atoms in total. The van der Waals surface area contributed by atoms with Crippen molar-refractivity contribution in [2.24, 2.45) is 0 Å². The van der Waals surface area contributed by atoms with Gasteiger partial charge in [0.1, 0.15) is 0 Å². The van der Waals surface area contributed by atoms with Crippen molar-refractivity contribution in [1.82, 2.24) is 15.1 Å². The average molecular weight is 255 g/mol. The molecule has 98 valence electrons. The van der Waals surface area contributed by atoms with Gasteiger partial charge in [-0.3, -0.25) is 4.68 Å². The number of hydrogen-bond acceptors (Lipinski definition) is 3. The van der Waals surface area contributed by atoms with Crippen LogP contribution >= 0.6 is 11.8 Å². The Morgan fingerprint density at radius 3 is 2.88 bits per heavy atom. The van der Waals surface area contributed by atoms with Crippen LogP contribution in [0.15, 0.2) is 6.07 Å². The first kappa shape index (κ1) is 14.6. The first-order valence-corrected chi connectivity index (χ1v) is 7.90. The Morgan fingerprint density at radius 2 is 2.18 bits per heavy atom. The van der Waals surface area contributed by atoms with E-state index in [9.17, 15) is 0 Å². The standard InChI is InChI=1S/C13H25N3S/c1-4-16-13(10-12(2)15-16)11-14-8-6-5-7-9-17-3/h10,14H,4-9,11H2,1-3H3. The van der Waals surface area contributed by atoms with Gasteiger partial charge in [0.15, 0.2) is 0 Å². The number of nitrogens with one attached hydrogen (secondary N) is 1. The van der Waals surface area contributed by atoms with Gasteiger partial charge in [-0.1, -0.05) is 6.42 Å². The van der Waals surface area contributed by atoms with Crippen molar-refractivity contribution >= 4 is 11.8 Å². The Hall–Kier alpha value is -0.480. The summed E-state index contributed by atoms with van der Waals surface area (Å²) < 4.78 is 2.08. The predicted molar refractivity (Wildman–Crippen MR) is 76.6 cm³/mol. The highest BCUT2D eigenvalue weighted by Crippen LogP contribution is 2.04. The molecule has 0 unspecified atom stereocenters. The molecule has 1 heterocycles. The highest BCUT2D eigenvalue weighted by molar-refractivity contribution is 7.98. The normalized spacial score (nSPS) is 11.0. The average Bonchev–Trinajstić information content (AvgIpc) is 2.68. The third-order valence-electron chi connectivity index (χ3n) is 2.79. The van der Waals surface area contributed by atoms with Crippen LogP contribution in [-0.2, 0) is 13.1 Å². The van der Waals surface area contributed by atoms with Gasteiger partial charge in [-0.2, -0.15) is 16.9 Å². The molecule has 17 heavy (non-hydrogen) atoms. The molecule has 1 rings (SSSR count). The molecule has 0 aromatic carbocycles. The maximum absolute atomic E-state index is 4.44. The van der Waals surface area contributed by atoms with Gasteiger partial charge in [-0.05, 0) is 51.3 Å². The molecule has 1 N–H and O–H groups in total. The molecular weight excluding hydrogens is 230 g/mol. The van der Waals surface area contributed by atoms with Gasteiger partial charge in [0, 0.05) is 13.1 Å². The second-order valence-corrected chi connectivity index (χ2v) is 5.31. The minimum absolute atomic E-state index is 0.942. The fraction of sp³-hybridized carbons (Fsp3) is 0.769. The van der Waals surface area contributed by atoms with E-state index in [1.807, 2.05) is 11.8 Å². The Morgan fingerprint density at radius 1 is 1.35 bits per heavy atom. The lowest BCUT2D eigenvalue weighted by molar-refractivity contribution is 0.563. The molecular formula is C13H25N3S. The smallest absolute Gasteiger partial charge is 0.0597 e. The third kappa shape index (κ3) is 5.59. The number of aromatic nitrogens is 2. The van der Waals surface area contributed by atoms with Gasteiger partial charge in [0.2, 0.25) is 0 Å². The second kappa shape index (κ2) is 8.59. The highest BCUT2D eigenvalue weighted by atomic mass is 32.2. The van der Waals surface area contributed by atoms with E-state index in [4.69, 9.17) is 0 Å². The van der Waals surface area contributed by atoms with Gasteiger partial charge in [0.25, 0.3) is 0 Å². The first-order valence-electron chi connectivity index (χ1n) is 6.51. The SMILES string of the molecule is CCn1nc(C)cc1CNCCCCCSC. The van der Waals surface area contributed by atoms with Crippen molar-refractivity contribution in [3.63, 3.8) is 0 Å². The van der Waals surface area contributed by atoms with Crippen LogP contribution in [0.2, 0.25) is 0 Å². The summed E-state index contributed by atoms with van der Waals surface area (Å²) in [4.78, 5) is 0. The summed E-state index contributed by atoms with van der Waals surface area (Å²) in [5, 5.41) is 7.94. The van der Waals surface area contributed by atoms with E-state index in [0.29, 0.717) is 0 Å². The van der Waals surface area contributed by atoms with Crippen LogP contribution in [0.3, 0.4) is 0 Å². The van der Waals surface area contributed by atoms with E-state index < -0.39 is 0 Å². The molecule has 1 aromatic heterocycles. The van der Waals surface area contributed by atoms with Crippen LogP contribution in [0, 0.1) is 6.92 Å². The molecule has 0 saturated carbocycles. The minimum atomic E-state index is 0.942. The van der Waals surface area contributed by atoms with Crippen molar-refractivity contribution < 1.29 is 0 Å². The van der Waals surface area contributed by atoms with E-state index in [0.717, 1.165) is 25.3 Å². The summed E-state index contributed by atoms with van der Waals surface area (Å²) in [5.74, 6) is 1.29. The van der Waals surface area contributed by atoms with E-state index in [1.54, 1.807) is 0 Å². The molecule has 4 heteroatoms. The molecule has 0 saturated heterocycles. The van der Waals surface area contributed by atoms with Crippen LogP contribution < -0.4 is 5.32 Å². The molecule has 1 aromatic rings. The van der Waals surface area contributed by atoms with Crippen molar-refractivity contribution in [3.05, 3.63) is 17.5 Å². The lowest BCUT2D eigenvalue weighted by atomic mass is 10.2. The topological polar surface area (TPSA) is 29.9 Å². The Kier molecular flexibility index (Phi) is 7.37. The summed E-state index contributed by atoms with van der Waals surface area (Å²) >= 11 is 1.94. The maximum Gasteiger partial charge on any atom is 0.0597 e. The molecule has 0 amide bonds. The van der Waals surface area contributed by atoms with E-state index >= 15 is 0 Å². The summed E-state index contributed by atoms with van der Waals surface area (Å²) in [5.41, 5.74) is 2.41. The Bertz CT molecular complexity index is 310. The quantitative estimate of drug-likeness (QED) is 0.688. The fourth-order valence-corrected chi connectivity index (χ4v) is 2.40. The molecule has 0 fully saturated rings. The summed E-state index contributed by atoms with van der Waals surface area (Å²) in [6.45, 7) is 7.20. The molecule has 0 spiro atoms. The van der Waals surface area contributed by atoms with Crippen LogP contribution in [0.4, 0.5) is 0 Å². The summed E-state index contributed by atoms with van der Waals surface area (Å²) in [7, 11) is 0. The number of thioether (sulfide) groups is 1. The van der Waals surface area contributed by atoms with Gasteiger partial charge in [-0.25, -0.2) is 0 Å². The second-order valence-electron chi connectivity index (χ2n) is 4.32. The van der Waals surface area contributed by atoms with E-state index in [1.165, 1.54) is 30.7 Å². The maximum atomic E-state index is 4.44. The fourth-order valence-electron chi connectivity index (χ4n) is 1.90. The number of nitrogens with zero attached hydrogens (tertiary/aromatic N) is 2. The Balaban J connectivity index is 2.13. The monoisotopic (exact) mass is 255 g/mol. The van der Waals surface area contributed by atoms with Crippen LogP contribution in [-0.4, -0.2) is 28.3 Å². The number of unbranched alkanes of at least 4 members (excludes halogenated alkanes) is 2. The van der Waals surface area contributed by atoms with Gasteiger partial charge >= 0.3 is 0 Å². The molecule has 0 aliphatic carbocycles. The van der Waals surface area contributed by atoms with Crippen molar-refractivity contribution in [2.75, 3.05) is 18.6 Å². The van der Waals surface area contributed by atoms with E-state index in [2.05, 4.69) is 41.3 Å². The largest absolute Gasteiger partial charge is 0.311 e. The van der Waals surface area contributed by atoms with Crippen molar-refractivity contribution in [2.45, 2.75) is 46.2 Å². The van der Waals surface area contributed by atoms with Crippen molar-refractivity contribution in [1.29, 1.82) is 0 Å². The Labute approximate surface area is 109 Å². The molecule has 0 atom stereocenters. The lowest BCUT2D eigenvalue weighted by Gasteiger charge is -2.06. The third-order valence-corrected chi connectivity index (χ3v) is 3.49. The van der Waals surface area contributed by atoms with Gasteiger partial charge < -0.3 is 5.32 Å². The predicted octanol–water partition coefficient (Wildman–Crippen LogP) is 2.83. The van der Waals surface area contributed by atoms with Gasteiger partial charge in [0.05, 0.1) is 11.4 Å². The van der Waals surface area contributed by atoms with Crippen LogP contribution in [0.1, 0.15) is 37.6 Å². The number of aryl methyl sites for hydroxylation is 2. The zero-order valence-corrected chi connectivity index (χ0v) is 12.1. The highest BCUT2D eigenvalue weighted by Gasteiger charge is 2.02. The lowest BCUT2D eigenvalue weighted by Crippen LogP contribution is -2.17. The van der Waals surface area contributed by atoms with Crippen LogP contribution in [0.5, 0.6) is 0 Å². The first-order chi connectivity index (χ1) is 8.27. The minimum Gasteiger partial charge on any atom is -0.311 e. The molecule has 0 bridgehead atoms. The summed E-state index contributed by atoms with van der Waals surface area (Å²) in [6.07, 6.45) is 6.13. The van der Waals surface area contributed by atoms with Gasteiger partial charge in [-0.15, -0.1) is 0 Å². The molecule has 0 aliphatic rings. The zero-order valence-electron chi connectivity index (χ0n) is 11.3. The summed E-state index contributed by atoms with van der Waals surface area (Å²) in [6, 6.07) is 2.17. The number of hydrogen-bond donors (Lipinski definition) is 1. The van der Waals surface area contributed by atoms with Crippen molar-refractivity contribution in [3.8, 4) is 0 Å². The molecule has 0 radical (unpaired) electrons. The van der Waals surface area contributed by atoms with E-state index in [-0.39, 0.29) is 0 Å².